The molecular formula is C21H31N3O4. The zero-order chi connectivity index (χ0) is 20.1. The fourth-order valence-electron chi connectivity index (χ4n) is 4.26. The molecule has 7 heteroatoms. The SMILES string of the molecule is COc1ccc(CCN2CC(C(=O)NC3(CN)CCCC3)CC2=O)cc1OC. The number of carbonyl (C=O) groups excluding carboxylic acids is 2. The Bertz CT molecular complexity index is 716. The zero-order valence-electron chi connectivity index (χ0n) is 16.8. The summed E-state index contributed by atoms with van der Waals surface area (Å²) in [5.41, 5.74) is 6.71. The maximum Gasteiger partial charge on any atom is 0.225 e. The van der Waals surface area contributed by atoms with Gasteiger partial charge in [0.05, 0.1) is 25.7 Å². The van der Waals surface area contributed by atoms with Crippen LogP contribution in [0.4, 0.5) is 0 Å². The Labute approximate surface area is 166 Å². The Kier molecular flexibility index (Phi) is 6.44. The van der Waals surface area contributed by atoms with Gasteiger partial charge in [-0.15, -0.1) is 0 Å². The third-order valence-electron chi connectivity index (χ3n) is 6.04. The van der Waals surface area contributed by atoms with Crippen molar-refractivity contribution in [3.8, 4) is 11.5 Å². The molecule has 154 valence electrons. The molecule has 1 atom stereocenters. The summed E-state index contributed by atoms with van der Waals surface area (Å²) in [6.45, 7) is 1.52. The van der Waals surface area contributed by atoms with Crippen LogP contribution in [-0.4, -0.2) is 56.1 Å². The Morgan fingerprint density at radius 3 is 2.61 bits per heavy atom. The highest BCUT2D eigenvalue weighted by Gasteiger charge is 2.39. The third kappa shape index (κ3) is 4.41. The fraction of sp³-hybridized carbons (Fsp3) is 0.619. The van der Waals surface area contributed by atoms with Gasteiger partial charge in [0.25, 0.3) is 0 Å². The van der Waals surface area contributed by atoms with E-state index < -0.39 is 0 Å². The van der Waals surface area contributed by atoms with Crippen LogP contribution in [0.1, 0.15) is 37.7 Å². The molecule has 1 saturated carbocycles. The van der Waals surface area contributed by atoms with Gasteiger partial charge >= 0.3 is 0 Å². The fourth-order valence-corrected chi connectivity index (χ4v) is 4.26. The van der Waals surface area contributed by atoms with Crippen LogP contribution in [0, 0.1) is 5.92 Å². The molecule has 1 aromatic rings. The molecule has 1 heterocycles. The maximum atomic E-state index is 12.7. The quantitative estimate of drug-likeness (QED) is 0.702. The minimum atomic E-state index is -0.290. The van der Waals surface area contributed by atoms with Crippen molar-refractivity contribution < 1.29 is 19.1 Å². The average molecular weight is 389 g/mol. The van der Waals surface area contributed by atoms with Gasteiger partial charge in [0.15, 0.2) is 11.5 Å². The predicted molar refractivity (Wildman–Crippen MR) is 106 cm³/mol. The van der Waals surface area contributed by atoms with Gasteiger partial charge < -0.3 is 25.4 Å². The molecule has 3 N–H and O–H groups in total. The maximum absolute atomic E-state index is 12.7. The third-order valence-corrected chi connectivity index (χ3v) is 6.04. The van der Waals surface area contributed by atoms with Gasteiger partial charge in [-0.2, -0.15) is 0 Å². The highest BCUT2D eigenvalue weighted by molar-refractivity contribution is 5.89. The van der Waals surface area contributed by atoms with E-state index >= 15 is 0 Å². The van der Waals surface area contributed by atoms with Crippen LogP contribution in [0.5, 0.6) is 11.5 Å². The summed E-state index contributed by atoms with van der Waals surface area (Å²) >= 11 is 0. The van der Waals surface area contributed by atoms with E-state index in [1.165, 1.54) is 0 Å². The largest absolute Gasteiger partial charge is 0.493 e. The summed E-state index contributed by atoms with van der Waals surface area (Å²) in [5.74, 6) is 1.07. The normalized spacial score (nSPS) is 21.0. The number of nitrogens with zero attached hydrogens (tertiary/aromatic N) is 1. The summed E-state index contributed by atoms with van der Waals surface area (Å²) in [6.07, 6.45) is 5.03. The number of benzene rings is 1. The monoisotopic (exact) mass is 389 g/mol. The molecule has 2 aliphatic rings. The summed E-state index contributed by atoms with van der Waals surface area (Å²) in [5, 5.41) is 3.15. The topological polar surface area (TPSA) is 93.9 Å². The minimum Gasteiger partial charge on any atom is -0.493 e. The summed E-state index contributed by atoms with van der Waals surface area (Å²) in [4.78, 5) is 26.9. The Balaban J connectivity index is 1.55. The molecule has 1 aromatic carbocycles. The Morgan fingerprint density at radius 2 is 1.96 bits per heavy atom. The molecule has 1 unspecified atom stereocenters. The first kappa shape index (κ1) is 20.5. The number of ether oxygens (including phenoxy) is 2. The van der Waals surface area contributed by atoms with Crippen molar-refractivity contribution >= 4 is 11.8 Å². The van der Waals surface area contributed by atoms with Crippen LogP contribution >= 0.6 is 0 Å². The van der Waals surface area contributed by atoms with Crippen molar-refractivity contribution in [2.75, 3.05) is 33.9 Å². The molecule has 2 fully saturated rings. The van der Waals surface area contributed by atoms with Crippen LogP contribution in [0.15, 0.2) is 18.2 Å². The second kappa shape index (κ2) is 8.82. The van der Waals surface area contributed by atoms with Crippen molar-refractivity contribution in [2.45, 2.75) is 44.1 Å². The first-order chi connectivity index (χ1) is 13.5. The molecular weight excluding hydrogens is 358 g/mol. The number of likely N-dealkylation sites (tertiary alicyclic amines) is 1. The summed E-state index contributed by atoms with van der Waals surface area (Å²) in [6, 6.07) is 5.76. The highest BCUT2D eigenvalue weighted by atomic mass is 16.5. The first-order valence-corrected chi connectivity index (χ1v) is 10.0. The number of nitrogens with one attached hydrogen (secondary N) is 1. The smallest absolute Gasteiger partial charge is 0.225 e. The molecule has 28 heavy (non-hydrogen) atoms. The van der Waals surface area contributed by atoms with Gasteiger partial charge in [0, 0.05) is 26.1 Å². The highest BCUT2D eigenvalue weighted by Crippen LogP contribution is 2.30. The molecule has 1 aliphatic carbocycles. The van der Waals surface area contributed by atoms with Gasteiger partial charge in [0.1, 0.15) is 0 Å². The second-order valence-electron chi connectivity index (χ2n) is 7.86. The summed E-state index contributed by atoms with van der Waals surface area (Å²) < 4.78 is 10.6. The number of carbonyl (C=O) groups is 2. The molecule has 0 spiro atoms. The van der Waals surface area contributed by atoms with Gasteiger partial charge in [-0.1, -0.05) is 18.9 Å². The van der Waals surface area contributed by atoms with Gasteiger partial charge in [-0.05, 0) is 37.0 Å². The zero-order valence-corrected chi connectivity index (χ0v) is 16.8. The lowest BCUT2D eigenvalue weighted by Crippen LogP contribution is -2.53. The van der Waals surface area contributed by atoms with Crippen LogP contribution in [0.25, 0.3) is 0 Å². The minimum absolute atomic E-state index is 0.0330. The van der Waals surface area contributed by atoms with Gasteiger partial charge in [-0.3, -0.25) is 9.59 Å². The lowest BCUT2D eigenvalue weighted by molar-refractivity contribution is -0.129. The van der Waals surface area contributed by atoms with E-state index in [1.54, 1.807) is 19.1 Å². The van der Waals surface area contributed by atoms with Crippen LogP contribution in [0.3, 0.4) is 0 Å². The van der Waals surface area contributed by atoms with Crippen LogP contribution in [-0.2, 0) is 16.0 Å². The molecule has 0 bridgehead atoms. The van der Waals surface area contributed by atoms with E-state index in [0.717, 1.165) is 31.2 Å². The van der Waals surface area contributed by atoms with E-state index in [1.807, 2.05) is 18.2 Å². The second-order valence-corrected chi connectivity index (χ2v) is 7.86. The first-order valence-electron chi connectivity index (χ1n) is 10.0. The molecule has 2 amide bonds. The Hall–Kier alpha value is -2.28. The van der Waals surface area contributed by atoms with Gasteiger partial charge in [0.2, 0.25) is 11.8 Å². The van der Waals surface area contributed by atoms with Crippen molar-refractivity contribution in [2.24, 2.45) is 11.7 Å². The van der Waals surface area contributed by atoms with E-state index in [-0.39, 0.29) is 29.7 Å². The lowest BCUT2D eigenvalue weighted by atomic mass is 9.96. The average Bonchev–Trinajstić information content (AvgIpc) is 3.33. The molecule has 0 radical (unpaired) electrons. The predicted octanol–water partition coefficient (Wildman–Crippen LogP) is 1.48. The molecule has 0 aromatic heterocycles. The van der Waals surface area contributed by atoms with Crippen LogP contribution < -0.4 is 20.5 Å². The number of amides is 2. The number of methoxy groups -OCH3 is 2. The van der Waals surface area contributed by atoms with Crippen molar-refractivity contribution in [1.29, 1.82) is 0 Å². The summed E-state index contributed by atoms with van der Waals surface area (Å²) in [7, 11) is 3.21. The van der Waals surface area contributed by atoms with E-state index in [0.29, 0.717) is 37.6 Å². The van der Waals surface area contributed by atoms with E-state index in [9.17, 15) is 9.59 Å². The standard InChI is InChI=1S/C21H31N3O4/c1-27-17-6-5-15(11-18(17)28-2)7-10-24-13-16(12-19(24)25)20(26)23-21(14-22)8-3-4-9-21/h5-6,11,16H,3-4,7-10,12-14,22H2,1-2H3,(H,23,26). The van der Waals surface area contributed by atoms with Crippen molar-refractivity contribution in [3.05, 3.63) is 23.8 Å². The molecule has 1 saturated heterocycles. The van der Waals surface area contributed by atoms with Crippen molar-refractivity contribution in [1.82, 2.24) is 10.2 Å². The number of rotatable bonds is 8. The van der Waals surface area contributed by atoms with Gasteiger partial charge in [-0.25, -0.2) is 0 Å². The lowest BCUT2D eigenvalue weighted by Gasteiger charge is -2.30. The molecule has 3 rings (SSSR count). The van der Waals surface area contributed by atoms with E-state index in [4.69, 9.17) is 15.2 Å². The molecule has 1 aliphatic heterocycles. The molecule has 7 nitrogen and oxygen atoms in total. The Morgan fingerprint density at radius 1 is 1.25 bits per heavy atom. The van der Waals surface area contributed by atoms with Crippen LogP contribution in [0.2, 0.25) is 0 Å². The van der Waals surface area contributed by atoms with Crippen molar-refractivity contribution in [3.63, 3.8) is 0 Å². The number of nitrogens with two attached hydrogens (primary N) is 1. The number of hydrogen-bond donors (Lipinski definition) is 2. The van der Waals surface area contributed by atoms with E-state index in [2.05, 4.69) is 5.32 Å². The number of hydrogen-bond acceptors (Lipinski definition) is 5.